The molecule has 1 fully saturated rings. The molecule has 152 valence electrons. The number of benzene rings is 3. The van der Waals surface area contributed by atoms with E-state index in [1.807, 2.05) is 67.6 Å². The number of nitrogens with one attached hydrogen (secondary N) is 2. The summed E-state index contributed by atoms with van der Waals surface area (Å²) >= 11 is 0. The molecule has 3 aromatic carbocycles. The van der Waals surface area contributed by atoms with Crippen molar-refractivity contribution in [3.63, 3.8) is 0 Å². The van der Waals surface area contributed by atoms with Gasteiger partial charge in [-0.25, -0.2) is 0 Å². The molecule has 0 spiro atoms. The average molecular weight is 399 g/mol. The Morgan fingerprint density at radius 3 is 2.30 bits per heavy atom. The maximum absolute atomic E-state index is 12.8. The van der Waals surface area contributed by atoms with E-state index in [2.05, 4.69) is 22.8 Å². The predicted octanol–water partition coefficient (Wildman–Crippen LogP) is 4.64. The first kappa shape index (κ1) is 19.9. The fraction of sp³-hybridized carbons (Fsp3) is 0.231. The first-order chi connectivity index (χ1) is 14.6. The van der Waals surface area contributed by atoms with Crippen LogP contribution in [0, 0.1) is 6.92 Å². The largest absolute Gasteiger partial charge is 0.355 e. The van der Waals surface area contributed by atoms with E-state index in [0.29, 0.717) is 12.1 Å². The number of anilines is 1. The van der Waals surface area contributed by atoms with E-state index in [0.717, 1.165) is 36.1 Å². The quantitative estimate of drug-likeness (QED) is 0.609. The van der Waals surface area contributed by atoms with Gasteiger partial charge in [0.1, 0.15) is 0 Å². The van der Waals surface area contributed by atoms with Gasteiger partial charge in [-0.2, -0.15) is 0 Å². The van der Waals surface area contributed by atoms with Gasteiger partial charge >= 0.3 is 0 Å². The van der Waals surface area contributed by atoms with E-state index in [4.69, 9.17) is 0 Å². The van der Waals surface area contributed by atoms with Gasteiger partial charge in [0, 0.05) is 17.8 Å². The summed E-state index contributed by atoms with van der Waals surface area (Å²) < 4.78 is 0. The molecule has 4 rings (SSSR count). The Balaban J connectivity index is 1.36. The van der Waals surface area contributed by atoms with Crippen LogP contribution in [0.4, 0.5) is 5.69 Å². The molecular formula is C26H26N2O2. The molecular weight excluding hydrogens is 372 g/mol. The van der Waals surface area contributed by atoms with Gasteiger partial charge in [-0.15, -0.1) is 0 Å². The van der Waals surface area contributed by atoms with Crippen molar-refractivity contribution < 1.29 is 9.59 Å². The van der Waals surface area contributed by atoms with Crippen LogP contribution in [0.3, 0.4) is 0 Å². The Kier molecular flexibility index (Phi) is 5.66. The molecule has 1 saturated carbocycles. The maximum atomic E-state index is 12.8. The summed E-state index contributed by atoms with van der Waals surface area (Å²) in [6.45, 7) is 2.60. The molecule has 2 N–H and O–H groups in total. The number of amides is 2. The van der Waals surface area contributed by atoms with Crippen LogP contribution in [-0.2, 0) is 16.6 Å². The molecule has 0 heterocycles. The zero-order valence-electron chi connectivity index (χ0n) is 17.2. The summed E-state index contributed by atoms with van der Waals surface area (Å²) in [5.74, 6) is -0.0405. The Bertz CT molecular complexity index is 1040. The first-order valence-corrected chi connectivity index (χ1v) is 10.4. The maximum Gasteiger partial charge on any atom is 0.255 e. The predicted molar refractivity (Wildman–Crippen MR) is 120 cm³/mol. The van der Waals surface area contributed by atoms with Crippen molar-refractivity contribution in [3.8, 4) is 0 Å². The van der Waals surface area contributed by atoms with Crippen molar-refractivity contribution in [3.05, 3.63) is 101 Å². The number of aryl methyl sites for hydroxylation is 1. The SMILES string of the molecule is Cc1cccc(C(=O)Nc2ccc(C3(C(=O)NCCc4ccccc4)CC3)cc2)c1. The number of rotatable bonds is 7. The fourth-order valence-corrected chi connectivity index (χ4v) is 3.77. The minimum absolute atomic E-state index is 0.0926. The van der Waals surface area contributed by atoms with E-state index in [9.17, 15) is 9.59 Å². The molecule has 0 radical (unpaired) electrons. The average Bonchev–Trinajstić information content (AvgIpc) is 3.57. The molecule has 30 heavy (non-hydrogen) atoms. The van der Waals surface area contributed by atoms with Gasteiger partial charge in [-0.1, -0.05) is 60.2 Å². The summed E-state index contributed by atoms with van der Waals surface area (Å²) in [4.78, 5) is 25.2. The van der Waals surface area contributed by atoms with Crippen LogP contribution < -0.4 is 10.6 Å². The highest BCUT2D eigenvalue weighted by Gasteiger charge is 2.50. The third-order valence-electron chi connectivity index (χ3n) is 5.70. The molecule has 4 heteroatoms. The number of carbonyl (C=O) groups is 2. The molecule has 2 amide bonds. The van der Waals surface area contributed by atoms with E-state index in [-0.39, 0.29) is 11.8 Å². The van der Waals surface area contributed by atoms with Crippen LogP contribution in [0.25, 0.3) is 0 Å². The minimum atomic E-state index is -0.421. The van der Waals surface area contributed by atoms with Gasteiger partial charge in [-0.3, -0.25) is 9.59 Å². The van der Waals surface area contributed by atoms with Crippen LogP contribution in [0.1, 0.15) is 39.9 Å². The number of hydrogen-bond donors (Lipinski definition) is 2. The second-order valence-corrected chi connectivity index (χ2v) is 7.97. The first-order valence-electron chi connectivity index (χ1n) is 10.4. The van der Waals surface area contributed by atoms with Crippen molar-refractivity contribution in [1.29, 1.82) is 0 Å². The Morgan fingerprint density at radius 1 is 0.900 bits per heavy atom. The van der Waals surface area contributed by atoms with E-state index < -0.39 is 5.41 Å². The van der Waals surface area contributed by atoms with Crippen LogP contribution in [0.15, 0.2) is 78.9 Å². The van der Waals surface area contributed by atoms with Gasteiger partial charge < -0.3 is 10.6 Å². The topological polar surface area (TPSA) is 58.2 Å². The monoisotopic (exact) mass is 398 g/mol. The molecule has 0 atom stereocenters. The van der Waals surface area contributed by atoms with Crippen molar-refractivity contribution in [2.24, 2.45) is 0 Å². The molecule has 0 unspecified atom stereocenters. The van der Waals surface area contributed by atoms with E-state index in [1.165, 1.54) is 5.56 Å². The highest BCUT2D eigenvalue weighted by atomic mass is 16.2. The summed E-state index contributed by atoms with van der Waals surface area (Å²) in [5, 5.41) is 6.02. The van der Waals surface area contributed by atoms with Crippen LogP contribution in [0.2, 0.25) is 0 Å². The third kappa shape index (κ3) is 4.43. The van der Waals surface area contributed by atoms with Crippen LogP contribution >= 0.6 is 0 Å². The summed E-state index contributed by atoms with van der Waals surface area (Å²) in [5.41, 5.74) is 4.22. The lowest BCUT2D eigenvalue weighted by Gasteiger charge is -2.16. The van der Waals surface area contributed by atoms with Gasteiger partial charge in [-0.05, 0) is 61.6 Å². The summed E-state index contributed by atoms with van der Waals surface area (Å²) in [6.07, 6.45) is 2.55. The Labute approximate surface area is 177 Å². The molecule has 1 aliphatic carbocycles. The number of carbonyl (C=O) groups excluding carboxylic acids is 2. The van der Waals surface area contributed by atoms with Crippen molar-refractivity contribution in [2.45, 2.75) is 31.6 Å². The molecule has 0 aromatic heterocycles. The second-order valence-electron chi connectivity index (χ2n) is 7.97. The number of hydrogen-bond acceptors (Lipinski definition) is 2. The minimum Gasteiger partial charge on any atom is -0.355 e. The molecule has 0 bridgehead atoms. The molecule has 4 nitrogen and oxygen atoms in total. The van der Waals surface area contributed by atoms with Crippen LogP contribution in [0.5, 0.6) is 0 Å². The second kappa shape index (κ2) is 8.54. The van der Waals surface area contributed by atoms with Crippen molar-refractivity contribution in [1.82, 2.24) is 5.32 Å². The highest BCUT2D eigenvalue weighted by Crippen LogP contribution is 2.48. The van der Waals surface area contributed by atoms with Gasteiger partial charge in [0.05, 0.1) is 5.41 Å². The molecule has 3 aromatic rings. The van der Waals surface area contributed by atoms with Gasteiger partial charge in [0.25, 0.3) is 5.91 Å². The third-order valence-corrected chi connectivity index (χ3v) is 5.70. The molecule has 0 aliphatic heterocycles. The lowest BCUT2D eigenvalue weighted by molar-refractivity contribution is -0.123. The fourth-order valence-electron chi connectivity index (χ4n) is 3.77. The summed E-state index contributed by atoms with van der Waals surface area (Å²) in [7, 11) is 0. The van der Waals surface area contributed by atoms with Crippen molar-refractivity contribution in [2.75, 3.05) is 11.9 Å². The lowest BCUT2D eigenvalue weighted by Crippen LogP contribution is -2.35. The Hall–Kier alpha value is -3.40. The molecule has 0 saturated heterocycles. The van der Waals surface area contributed by atoms with E-state index >= 15 is 0 Å². The smallest absolute Gasteiger partial charge is 0.255 e. The van der Waals surface area contributed by atoms with Crippen LogP contribution in [-0.4, -0.2) is 18.4 Å². The summed E-state index contributed by atoms with van der Waals surface area (Å²) in [6, 6.07) is 25.3. The van der Waals surface area contributed by atoms with E-state index in [1.54, 1.807) is 6.07 Å². The lowest BCUT2D eigenvalue weighted by atomic mass is 9.94. The van der Waals surface area contributed by atoms with Gasteiger partial charge in [0.2, 0.25) is 5.91 Å². The molecule has 1 aliphatic rings. The standard InChI is InChI=1S/C26H26N2O2/c1-19-6-5-9-21(18-19)24(29)28-23-12-10-22(11-13-23)26(15-16-26)25(30)27-17-14-20-7-3-2-4-8-20/h2-13,18H,14-17H2,1H3,(H,27,30)(H,28,29). The van der Waals surface area contributed by atoms with Crippen molar-refractivity contribution >= 4 is 17.5 Å². The zero-order valence-corrected chi connectivity index (χ0v) is 17.2. The highest BCUT2D eigenvalue weighted by molar-refractivity contribution is 6.04. The Morgan fingerprint density at radius 2 is 1.63 bits per heavy atom. The van der Waals surface area contributed by atoms with Gasteiger partial charge in [0.15, 0.2) is 0 Å². The normalized spacial score (nSPS) is 14.0. The zero-order chi connectivity index (χ0) is 21.0.